The normalized spacial score (nSPS) is 10.4. The Morgan fingerprint density at radius 3 is 2.48 bits per heavy atom. The van der Waals surface area contributed by atoms with Crippen molar-refractivity contribution in [3.63, 3.8) is 0 Å². The van der Waals surface area contributed by atoms with Crippen molar-refractivity contribution < 1.29 is 9.90 Å². The number of hydrogen-bond donors (Lipinski definition) is 2. The van der Waals surface area contributed by atoms with Gasteiger partial charge in [0.15, 0.2) is 0 Å². The van der Waals surface area contributed by atoms with Crippen LogP contribution in [-0.2, 0) is 13.1 Å². The highest BCUT2D eigenvalue weighted by atomic mass is 16.3. The second-order valence-electron chi connectivity index (χ2n) is 5.15. The van der Waals surface area contributed by atoms with Crippen molar-refractivity contribution in [1.29, 1.82) is 0 Å². The number of nitrogens with two attached hydrogens (primary N) is 1. The summed E-state index contributed by atoms with van der Waals surface area (Å²) in [6.07, 6.45) is 0. The first-order valence-electron chi connectivity index (χ1n) is 6.85. The van der Waals surface area contributed by atoms with Crippen LogP contribution in [0.3, 0.4) is 0 Å². The Morgan fingerprint density at radius 2 is 1.86 bits per heavy atom. The molecular formula is C17H20N2O2. The lowest BCUT2D eigenvalue weighted by Gasteiger charge is -2.19. The summed E-state index contributed by atoms with van der Waals surface area (Å²) in [4.78, 5) is 14.0. The Labute approximate surface area is 124 Å². The van der Waals surface area contributed by atoms with E-state index in [-0.39, 0.29) is 11.7 Å². The van der Waals surface area contributed by atoms with E-state index in [0.29, 0.717) is 18.7 Å². The third-order valence-electron chi connectivity index (χ3n) is 3.48. The second kappa shape index (κ2) is 6.41. The highest BCUT2D eigenvalue weighted by Gasteiger charge is 2.16. The number of hydrogen-bond acceptors (Lipinski definition) is 3. The number of aryl methyl sites for hydroxylation is 1. The van der Waals surface area contributed by atoms with Crippen LogP contribution >= 0.6 is 0 Å². The van der Waals surface area contributed by atoms with Gasteiger partial charge in [0.25, 0.3) is 5.91 Å². The fraction of sp³-hybridized carbons (Fsp3) is 0.235. The molecule has 0 spiro atoms. The molecule has 0 aliphatic heterocycles. The van der Waals surface area contributed by atoms with Gasteiger partial charge in [-0.3, -0.25) is 4.79 Å². The molecule has 2 aromatic carbocycles. The standard InChI is InChI=1S/C17H20N2O2/c1-12-7-8-15(16(20)9-12)17(21)19(2)11-14-6-4-3-5-13(14)10-18/h3-9,20H,10-11,18H2,1-2H3. The van der Waals surface area contributed by atoms with Crippen molar-refractivity contribution in [2.24, 2.45) is 5.73 Å². The molecule has 4 heteroatoms. The zero-order valence-corrected chi connectivity index (χ0v) is 12.3. The summed E-state index contributed by atoms with van der Waals surface area (Å²) in [6, 6.07) is 12.8. The maximum atomic E-state index is 12.4. The van der Waals surface area contributed by atoms with Crippen molar-refractivity contribution in [2.45, 2.75) is 20.0 Å². The molecule has 3 N–H and O–H groups in total. The molecule has 0 unspecified atom stereocenters. The molecule has 1 amide bonds. The van der Waals surface area contributed by atoms with E-state index in [1.54, 1.807) is 24.1 Å². The first-order chi connectivity index (χ1) is 10.0. The molecule has 0 aliphatic rings. The van der Waals surface area contributed by atoms with Crippen molar-refractivity contribution in [2.75, 3.05) is 7.05 Å². The van der Waals surface area contributed by atoms with Gasteiger partial charge in [0.2, 0.25) is 0 Å². The van der Waals surface area contributed by atoms with E-state index in [1.165, 1.54) is 0 Å². The Hall–Kier alpha value is -2.33. The lowest BCUT2D eigenvalue weighted by molar-refractivity contribution is 0.0782. The average molecular weight is 284 g/mol. The van der Waals surface area contributed by atoms with Gasteiger partial charge in [-0.05, 0) is 35.7 Å². The minimum atomic E-state index is -0.209. The summed E-state index contributed by atoms with van der Waals surface area (Å²) in [5, 5.41) is 9.91. The maximum absolute atomic E-state index is 12.4. The Bertz CT molecular complexity index is 653. The van der Waals surface area contributed by atoms with Gasteiger partial charge < -0.3 is 15.7 Å². The molecule has 0 atom stereocenters. The third-order valence-corrected chi connectivity index (χ3v) is 3.48. The van der Waals surface area contributed by atoms with Crippen molar-refractivity contribution in [3.05, 3.63) is 64.7 Å². The minimum absolute atomic E-state index is 0.0129. The van der Waals surface area contributed by atoms with E-state index in [2.05, 4.69) is 0 Å². The number of nitrogens with zero attached hydrogens (tertiary/aromatic N) is 1. The van der Waals surface area contributed by atoms with Gasteiger partial charge in [-0.15, -0.1) is 0 Å². The zero-order valence-electron chi connectivity index (χ0n) is 12.3. The van der Waals surface area contributed by atoms with Gasteiger partial charge in [-0.1, -0.05) is 30.3 Å². The van der Waals surface area contributed by atoms with Crippen LogP contribution in [0.2, 0.25) is 0 Å². The predicted octanol–water partition coefficient (Wildman–Crippen LogP) is 2.43. The van der Waals surface area contributed by atoms with Crippen LogP contribution in [0.15, 0.2) is 42.5 Å². The van der Waals surface area contributed by atoms with Crippen molar-refractivity contribution >= 4 is 5.91 Å². The van der Waals surface area contributed by atoms with Gasteiger partial charge in [0.1, 0.15) is 5.75 Å². The fourth-order valence-electron chi connectivity index (χ4n) is 2.27. The van der Waals surface area contributed by atoms with Gasteiger partial charge in [0, 0.05) is 20.1 Å². The number of aromatic hydroxyl groups is 1. The summed E-state index contributed by atoms with van der Waals surface area (Å²) < 4.78 is 0. The summed E-state index contributed by atoms with van der Waals surface area (Å²) in [5.74, 6) is -0.196. The predicted molar refractivity (Wildman–Crippen MR) is 83.0 cm³/mol. The summed E-state index contributed by atoms with van der Waals surface area (Å²) in [6.45, 7) is 2.77. The molecular weight excluding hydrogens is 264 g/mol. The van der Waals surface area contributed by atoms with Crippen LogP contribution < -0.4 is 5.73 Å². The van der Waals surface area contributed by atoms with Gasteiger partial charge in [-0.2, -0.15) is 0 Å². The highest BCUT2D eigenvalue weighted by molar-refractivity contribution is 5.96. The van der Waals surface area contributed by atoms with Gasteiger partial charge in [-0.25, -0.2) is 0 Å². The summed E-state index contributed by atoms with van der Waals surface area (Å²) in [5.41, 5.74) is 8.98. The molecule has 0 fully saturated rings. The fourth-order valence-corrected chi connectivity index (χ4v) is 2.27. The third kappa shape index (κ3) is 3.41. The second-order valence-corrected chi connectivity index (χ2v) is 5.15. The van der Waals surface area contributed by atoms with Gasteiger partial charge in [0.05, 0.1) is 5.56 Å². The smallest absolute Gasteiger partial charge is 0.257 e. The summed E-state index contributed by atoms with van der Waals surface area (Å²) >= 11 is 0. The van der Waals surface area contributed by atoms with E-state index in [9.17, 15) is 9.90 Å². The topological polar surface area (TPSA) is 66.6 Å². The maximum Gasteiger partial charge on any atom is 0.257 e. The van der Waals surface area contributed by atoms with E-state index in [0.717, 1.165) is 16.7 Å². The molecule has 0 radical (unpaired) electrons. The van der Waals surface area contributed by atoms with Crippen molar-refractivity contribution in [1.82, 2.24) is 4.90 Å². The minimum Gasteiger partial charge on any atom is -0.507 e. The number of phenols is 1. The summed E-state index contributed by atoms with van der Waals surface area (Å²) in [7, 11) is 1.72. The Balaban J connectivity index is 2.19. The molecule has 2 rings (SSSR count). The van der Waals surface area contributed by atoms with Crippen LogP contribution in [0.1, 0.15) is 27.0 Å². The van der Waals surface area contributed by atoms with E-state index in [1.807, 2.05) is 37.3 Å². The lowest BCUT2D eigenvalue weighted by Crippen LogP contribution is -2.27. The Morgan fingerprint density at radius 1 is 1.19 bits per heavy atom. The first-order valence-corrected chi connectivity index (χ1v) is 6.85. The Kier molecular flexibility index (Phi) is 4.60. The van der Waals surface area contributed by atoms with Crippen molar-refractivity contribution in [3.8, 4) is 5.75 Å². The van der Waals surface area contributed by atoms with E-state index in [4.69, 9.17) is 5.73 Å². The quantitative estimate of drug-likeness (QED) is 0.906. The highest BCUT2D eigenvalue weighted by Crippen LogP contribution is 2.21. The number of amides is 1. The van der Waals surface area contributed by atoms with Crippen LogP contribution in [0.25, 0.3) is 0 Å². The van der Waals surface area contributed by atoms with E-state index >= 15 is 0 Å². The molecule has 110 valence electrons. The zero-order chi connectivity index (χ0) is 15.4. The lowest BCUT2D eigenvalue weighted by atomic mass is 10.1. The largest absolute Gasteiger partial charge is 0.507 e. The van der Waals surface area contributed by atoms with Crippen LogP contribution in [0.4, 0.5) is 0 Å². The number of carbonyl (C=O) groups is 1. The molecule has 0 saturated heterocycles. The molecule has 2 aromatic rings. The first kappa shape index (κ1) is 15.1. The molecule has 21 heavy (non-hydrogen) atoms. The molecule has 0 heterocycles. The molecule has 0 saturated carbocycles. The molecule has 0 aromatic heterocycles. The van der Waals surface area contributed by atoms with E-state index < -0.39 is 0 Å². The van der Waals surface area contributed by atoms with Crippen LogP contribution in [-0.4, -0.2) is 23.0 Å². The number of rotatable bonds is 4. The SMILES string of the molecule is Cc1ccc(C(=O)N(C)Cc2ccccc2CN)c(O)c1. The van der Waals surface area contributed by atoms with Crippen LogP contribution in [0, 0.1) is 6.92 Å². The number of carbonyl (C=O) groups excluding carboxylic acids is 1. The number of phenolic OH excluding ortho intramolecular Hbond substituents is 1. The molecule has 0 bridgehead atoms. The average Bonchev–Trinajstić information content (AvgIpc) is 2.47. The molecule has 0 aliphatic carbocycles. The monoisotopic (exact) mass is 284 g/mol. The number of benzene rings is 2. The molecule has 4 nitrogen and oxygen atoms in total. The van der Waals surface area contributed by atoms with Crippen LogP contribution in [0.5, 0.6) is 5.75 Å². The van der Waals surface area contributed by atoms with Gasteiger partial charge >= 0.3 is 0 Å².